The quantitative estimate of drug-likeness (QED) is 0.419. The van der Waals surface area contributed by atoms with Gasteiger partial charge in [-0.3, -0.25) is 13.8 Å². The van der Waals surface area contributed by atoms with Gasteiger partial charge in [0.1, 0.15) is 12.2 Å². The van der Waals surface area contributed by atoms with Crippen LogP contribution in [-0.2, 0) is 28.6 Å². The van der Waals surface area contributed by atoms with Gasteiger partial charge < -0.3 is 4.74 Å². The van der Waals surface area contributed by atoms with E-state index in [9.17, 15) is 18.0 Å². The van der Waals surface area contributed by atoms with Crippen molar-refractivity contribution in [1.82, 2.24) is 0 Å². The highest BCUT2D eigenvalue weighted by Crippen LogP contribution is 2.55. The van der Waals surface area contributed by atoms with Crippen LogP contribution in [0.3, 0.4) is 0 Å². The van der Waals surface area contributed by atoms with Crippen molar-refractivity contribution in [1.29, 1.82) is 0 Å². The van der Waals surface area contributed by atoms with Crippen molar-refractivity contribution in [2.45, 2.75) is 62.9 Å². The van der Waals surface area contributed by atoms with Crippen molar-refractivity contribution in [3.63, 3.8) is 0 Å². The highest BCUT2D eigenvalue weighted by Gasteiger charge is 2.65. The molecule has 7 unspecified atom stereocenters. The van der Waals surface area contributed by atoms with Crippen molar-refractivity contribution >= 4 is 21.9 Å². The molecule has 3 saturated carbocycles. The summed E-state index contributed by atoms with van der Waals surface area (Å²) in [6.45, 7) is 5.36. The number of hydrogen-bond acceptors (Lipinski definition) is 6. The third-order valence-corrected chi connectivity index (χ3v) is 8.33. The average Bonchev–Trinajstić information content (AvgIpc) is 3.24. The van der Waals surface area contributed by atoms with E-state index in [1.807, 2.05) is 0 Å². The standard InChI is InChI=1S/C18H24O6S/c1-9(2)14(19)7-10-4-3-5-12(10)18(20)23-16-11-6-13-15(8-11)25(21,22)24-17(13)16/h10-13,15-17H,1,3-8H2,2H3. The summed E-state index contributed by atoms with van der Waals surface area (Å²) in [5, 5.41) is -0.412. The zero-order valence-electron chi connectivity index (χ0n) is 14.3. The number of Topliss-reactive ketones (excluding diaryl/α,β-unsaturated/α-hetero) is 1. The number of fused-ring (bicyclic) bond motifs is 1. The minimum Gasteiger partial charge on any atom is -0.459 e. The maximum absolute atomic E-state index is 12.7. The minimum absolute atomic E-state index is 0.00214. The first kappa shape index (κ1) is 17.2. The second-order valence-electron chi connectivity index (χ2n) is 8.09. The Morgan fingerprint density at radius 1 is 1.24 bits per heavy atom. The summed E-state index contributed by atoms with van der Waals surface area (Å²) in [7, 11) is -3.50. The van der Waals surface area contributed by atoms with E-state index in [1.165, 1.54) is 0 Å². The molecule has 0 aromatic rings. The van der Waals surface area contributed by atoms with Crippen LogP contribution in [0.1, 0.15) is 45.4 Å². The van der Waals surface area contributed by atoms with E-state index < -0.39 is 27.6 Å². The molecule has 1 heterocycles. The monoisotopic (exact) mass is 368 g/mol. The Morgan fingerprint density at radius 2 is 2.00 bits per heavy atom. The topological polar surface area (TPSA) is 86.7 Å². The molecule has 138 valence electrons. The van der Waals surface area contributed by atoms with Gasteiger partial charge in [0.15, 0.2) is 5.78 Å². The van der Waals surface area contributed by atoms with E-state index in [0.29, 0.717) is 18.4 Å². The Morgan fingerprint density at radius 3 is 2.72 bits per heavy atom. The molecule has 6 nitrogen and oxygen atoms in total. The Kier molecular flexibility index (Phi) is 4.07. The third-order valence-electron chi connectivity index (χ3n) is 6.55. The van der Waals surface area contributed by atoms with Gasteiger partial charge in [-0.1, -0.05) is 13.0 Å². The number of allylic oxidation sites excluding steroid dienone is 1. The van der Waals surface area contributed by atoms with Crippen molar-refractivity contribution in [2.75, 3.05) is 0 Å². The molecule has 25 heavy (non-hydrogen) atoms. The van der Waals surface area contributed by atoms with Gasteiger partial charge in [-0.2, -0.15) is 8.42 Å². The van der Waals surface area contributed by atoms with Crippen LogP contribution in [-0.4, -0.2) is 37.6 Å². The van der Waals surface area contributed by atoms with Gasteiger partial charge >= 0.3 is 5.97 Å². The maximum atomic E-state index is 12.7. The van der Waals surface area contributed by atoms with Crippen LogP contribution in [0, 0.1) is 23.7 Å². The molecule has 7 heteroatoms. The lowest BCUT2D eigenvalue weighted by Crippen LogP contribution is -2.39. The lowest BCUT2D eigenvalue weighted by molar-refractivity contribution is -0.162. The van der Waals surface area contributed by atoms with E-state index in [-0.39, 0.29) is 35.4 Å². The van der Waals surface area contributed by atoms with Crippen molar-refractivity contribution in [3.8, 4) is 0 Å². The SMILES string of the molecule is C=C(C)C(=O)CC1CCCC1C(=O)OC1C2CC3C1OS(=O)(=O)C3C2. The highest BCUT2D eigenvalue weighted by atomic mass is 32.2. The Bertz CT molecular complexity index is 726. The van der Waals surface area contributed by atoms with Gasteiger partial charge in [0.2, 0.25) is 0 Å². The fourth-order valence-electron chi connectivity index (χ4n) is 5.27. The summed E-state index contributed by atoms with van der Waals surface area (Å²) in [5.74, 6) is -0.528. The predicted octanol–water partition coefficient (Wildman–Crippen LogP) is 1.99. The average molecular weight is 368 g/mol. The molecule has 3 aliphatic carbocycles. The normalized spacial score (nSPS) is 43.3. The predicted molar refractivity (Wildman–Crippen MR) is 88.9 cm³/mol. The second kappa shape index (κ2) is 5.91. The second-order valence-corrected chi connectivity index (χ2v) is 9.88. The first-order valence-corrected chi connectivity index (χ1v) is 10.6. The molecule has 0 spiro atoms. The van der Waals surface area contributed by atoms with Crippen molar-refractivity contribution < 1.29 is 26.9 Å². The van der Waals surface area contributed by atoms with Gasteiger partial charge in [-0.15, -0.1) is 0 Å². The third kappa shape index (κ3) is 2.76. The zero-order chi connectivity index (χ0) is 17.9. The molecule has 0 aromatic heterocycles. The number of carbonyl (C=O) groups excluding carboxylic acids is 2. The lowest BCUT2D eigenvalue weighted by Gasteiger charge is -2.27. The van der Waals surface area contributed by atoms with Gasteiger partial charge in [0.05, 0.1) is 11.2 Å². The molecule has 4 fully saturated rings. The Balaban J connectivity index is 1.43. The summed E-state index contributed by atoms with van der Waals surface area (Å²) < 4.78 is 35.0. The molecule has 7 atom stereocenters. The number of rotatable bonds is 5. The number of esters is 1. The maximum Gasteiger partial charge on any atom is 0.309 e. The van der Waals surface area contributed by atoms with Gasteiger partial charge in [-0.05, 0) is 44.1 Å². The number of hydrogen-bond donors (Lipinski definition) is 0. The first-order chi connectivity index (χ1) is 11.8. The summed E-state index contributed by atoms with van der Waals surface area (Å²) in [5.41, 5.74) is 0.516. The van der Waals surface area contributed by atoms with E-state index in [0.717, 1.165) is 25.7 Å². The van der Waals surface area contributed by atoms with Crippen LogP contribution in [0.4, 0.5) is 0 Å². The molecule has 0 radical (unpaired) electrons. The van der Waals surface area contributed by atoms with Gasteiger partial charge in [0, 0.05) is 18.3 Å². The first-order valence-electron chi connectivity index (χ1n) is 9.09. The fraction of sp³-hybridized carbons (Fsp3) is 0.778. The minimum atomic E-state index is -3.50. The molecule has 0 amide bonds. The van der Waals surface area contributed by atoms with Crippen LogP contribution in [0.5, 0.6) is 0 Å². The van der Waals surface area contributed by atoms with Crippen LogP contribution < -0.4 is 0 Å². The van der Waals surface area contributed by atoms with Crippen LogP contribution in [0.15, 0.2) is 12.2 Å². The molecule has 0 N–H and O–H groups in total. The van der Waals surface area contributed by atoms with Gasteiger partial charge in [-0.25, -0.2) is 0 Å². The van der Waals surface area contributed by atoms with E-state index in [4.69, 9.17) is 8.92 Å². The van der Waals surface area contributed by atoms with Crippen LogP contribution in [0.25, 0.3) is 0 Å². The smallest absolute Gasteiger partial charge is 0.309 e. The van der Waals surface area contributed by atoms with E-state index in [1.54, 1.807) is 6.92 Å². The van der Waals surface area contributed by atoms with Crippen LogP contribution >= 0.6 is 0 Å². The van der Waals surface area contributed by atoms with E-state index >= 15 is 0 Å². The Hall–Kier alpha value is -1.21. The molecule has 2 bridgehead atoms. The summed E-state index contributed by atoms with van der Waals surface area (Å²) in [4.78, 5) is 24.7. The van der Waals surface area contributed by atoms with Crippen molar-refractivity contribution in [2.24, 2.45) is 23.7 Å². The lowest BCUT2D eigenvalue weighted by atomic mass is 9.89. The summed E-state index contributed by atoms with van der Waals surface area (Å²) in [6.07, 6.45) is 3.13. The summed E-state index contributed by atoms with van der Waals surface area (Å²) >= 11 is 0. The molecular weight excluding hydrogens is 344 g/mol. The Labute approximate surface area is 148 Å². The summed E-state index contributed by atoms with van der Waals surface area (Å²) in [6, 6.07) is 0. The molecular formula is C18H24O6S. The van der Waals surface area contributed by atoms with E-state index in [2.05, 4.69) is 6.58 Å². The largest absolute Gasteiger partial charge is 0.459 e. The fourth-order valence-corrected chi connectivity index (χ4v) is 7.15. The van der Waals surface area contributed by atoms with Gasteiger partial charge in [0.25, 0.3) is 10.1 Å². The zero-order valence-corrected chi connectivity index (χ0v) is 15.2. The molecule has 4 aliphatic rings. The van der Waals surface area contributed by atoms with Crippen molar-refractivity contribution in [3.05, 3.63) is 12.2 Å². The van der Waals surface area contributed by atoms with Crippen LogP contribution in [0.2, 0.25) is 0 Å². The number of ether oxygens (including phenoxy) is 1. The molecule has 0 aromatic carbocycles. The highest BCUT2D eigenvalue weighted by molar-refractivity contribution is 7.87. The molecule has 1 aliphatic heterocycles. The molecule has 1 saturated heterocycles. The molecule has 4 rings (SSSR count). The number of carbonyl (C=O) groups is 2. The number of ketones is 1.